The summed E-state index contributed by atoms with van der Waals surface area (Å²) in [6, 6.07) is 7.17. The highest BCUT2D eigenvalue weighted by molar-refractivity contribution is 7.99. The Morgan fingerprint density at radius 1 is 1.38 bits per heavy atom. The molecule has 0 aliphatic rings. The number of thioether (sulfide) groups is 1. The van der Waals surface area contributed by atoms with Crippen molar-refractivity contribution in [1.29, 1.82) is 0 Å². The van der Waals surface area contributed by atoms with Gasteiger partial charge in [-0.1, -0.05) is 35.5 Å². The van der Waals surface area contributed by atoms with E-state index in [1.807, 2.05) is 35.9 Å². The van der Waals surface area contributed by atoms with Crippen LogP contribution in [0.1, 0.15) is 18.8 Å². The van der Waals surface area contributed by atoms with Crippen molar-refractivity contribution in [3.63, 3.8) is 0 Å². The lowest BCUT2D eigenvalue weighted by molar-refractivity contribution is -0.133. The van der Waals surface area contributed by atoms with Crippen LogP contribution in [0.4, 0.5) is 0 Å². The Morgan fingerprint density at radius 2 is 2.17 bits per heavy atom. The second-order valence-corrected chi connectivity index (χ2v) is 6.35. The number of carbonyl (C=O) groups is 1. The normalized spacial score (nSPS) is 12.2. The highest BCUT2D eigenvalue weighted by Crippen LogP contribution is 2.30. The van der Waals surface area contributed by atoms with Gasteiger partial charge in [0.2, 0.25) is 0 Å². The number of hydrogen-bond donors (Lipinski definition) is 1. The van der Waals surface area contributed by atoms with Gasteiger partial charge in [-0.25, -0.2) is 4.98 Å². The fraction of sp³-hybridized carbons (Fsp3) is 0.200. The Morgan fingerprint density at radius 3 is 2.83 bits per heavy atom. The van der Waals surface area contributed by atoms with Crippen molar-refractivity contribution in [2.75, 3.05) is 5.75 Å². The third-order valence-corrected chi connectivity index (χ3v) is 4.66. The first-order valence-corrected chi connectivity index (χ1v) is 8.46. The minimum atomic E-state index is -0.919. The predicted molar refractivity (Wildman–Crippen MR) is 90.8 cm³/mol. The van der Waals surface area contributed by atoms with Crippen LogP contribution in [0.25, 0.3) is 5.69 Å². The minimum Gasteiger partial charge on any atom is -0.481 e. The molecule has 9 heteroatoms. The van der Waals surface area contributed by atoms with Crippen molar-refractivity contribution >= 4 is 29.3 Å². The average Bonchev–Trinajstić information content (AvgIpc) is 3.22. The molecular weight excluding hydrogens is 350 g/mol. The van der Waals surface area contributed by atoms with Crippen LogP contribution in [0.5, 0.6) is 0 Å². The zero-order valence-corrected chi connectivity index (χ0v) is 14.3. The summed E-state index contributed by atoms with van der Waals surface area (Å²) in [6.07, 6.45) is 5.22. The molecule has 0 bridgehead atoms. The number of hydrogen-bond acceptors (Lipinski definition) is 5. The average molecular weight is 364 g/mol. The first-order valence-electron chi connectivity index (χ1n) is 7.10. The van der Waals surface area contributed by atoms with Gasteiger partial charge in [0.05, 0.1) is 28.8 Å². The summed E-state index contributed by atoms with van der Waals surface area (Å²) in [4.78, 5) is 14.9. The molecular formula is C15H14ClN5O2S. The van der Waals surface area contributed by atoms with E-state index >= 15 is 0 Å². The Balaban J connectivity index is 2.09. The summed E-state index contributed by atoms with van der Waals surface area (Å²) in [7, 11) is 0. The summed E-state index contributed by atoms with van der Waals surface area (Å²) in [5.74, 6) is -0.380. The monoisotopic (exact) mass is 363 g/mol. The van der Waals surface area contributed by atoms with Crippen molar-refractivity contribution in [1.82, 2.24) is 24.3 Å². The van der Waals surface area contributed by atoms with Gasteiger partial charge in [-0.3, -0.25) is 9.36 Å². The predicted octanol–water partition coefficient (Wildman–Crippen LogP) is 2.90. The van der Waals surface area contributed by atoms with E-state index in [0.717, 1.165) is 11.8 Å². The molecule has 0 radical (unpaired) electrons. The fourth-order valence-corrected chi connectivity index (χ4v) is 3.16. The van der Waals surface area contributed by atoms with E-state index in [4.69, 9.17) is 16.7 Å². The zero-order chi connectivity index (χ0) is 17.1. The number of carboxylic acids is 1. The molecule has 3 aromatic rings. The molecule has 0 saturated carbocycles. The molecule has 0 fully saturated rings. The van der Waals surface area contributed by atoms with E-state index in [1.165, 1.54) is 0 Å². The van der Waals surface area contributed by atoms with E-state index in [-0.39, 0.29) is 11.8 Å². The lowest BCUT2D eigenvalue weighted by Gasteiger charge is -2.16. The van der Waals surface area contributed by atoms with Crippen molar-refractivity contribution in [3.8, 4) is 5.69 Å². The Labute approximate surface area is 147 Å². The quantitative estimate of drug-likeness (QED) is 0.678. The number of para-hydroxylation sites is 1. The van der Waals surface area contributed by atoms with E-state index in [1.54, 1.807) is 23.2 Å². The number of rotatable bonds is 6. The molecule has 7 nitrogen and oxygen atoms in total. The number of carboxylic acid groups (broad SMARTS) is 1. The summed E-state index contributed by atoms with van der Waals surface area (Å²) < 4.78 is 3.68. The van der Waals surface area contributed by atoms with Gasteiger partial charge in [0.1, 0.15) is 0 Å². The number of nitrogens with zero attached hydrogens (tertiary/aromatic N) is 5. The first-order chi connectivity index (χ1) is 11.6. The van der Waals surface area contributed by atoms with Crippen LogP contribution in [-0.4, -0.2) is 41.1 Å². The number of imidazole rings is 1. The van der Waals surface area contributed by atoms with Crippen molar-refractivity contribution in [2.45, 2.75) is 18.1 Å². The summed E-state index contributed by atoms with van der Waals surface area (Å²) in [5, 5.41) is 18.4. The largest absolute Gasteiger partial charge is 0.481 e. The van der Waals surface area contributed by atoms with Gasteiger partial charge in [-0.15, -0.1) is 10.2 Å². The van der Waals surface area contributed by atoms with Crippen LogP contribution in [-0.2, 0) is 4.79 Å². The number of benzene rings is 1. The molecule has 2 heterocycles. The van der Waals surface area contributed by atoms with Crippen LogP contribution in [0.3, 0.4) is 0 Å². The van der Waals surface area contributed by atoms with Crippen LogP contribution < -0.4 is 0 Å². The van der Waals surface area contributed by atoms with Crippen LogP contribution in [0.2, 0.25) is 5.02 Å². The van der Waals surface area contributed by atoms with E-state index < -0.39 is 5.97 Å². The maximum Gasteiger partial charge on any atom is 0.313 e. The Bertz CT molecular complexity index is 849. The number of aliphatic carboxylic acids is 1. The molecule has 0 amide bonds. The second kappa shape index (κ2) is 7.06. The number of halogens is 1. The van der Waals surface area contributed by atoms with Gasteiger partial charge in [-0.05, 0) is 19.1 Å². The smallest absolute Gasteiger partial charge is 0.313 e. The van der Waals surface area contributed by atoms with Crippen LogP contribution >= 0.6 is 23.4 Å². The summed E-state index contributed by atoms with van der Waals surface area (Å²) in [6.45, 7) is 1.96. The lowest BCUT2D eigenvalue weighted by Crippen LogP contribution is -2.13. The lowest BCUT2D eigenvalue weighted by atomic mass is 10.2. The standard InChI is InChI=1S/C15H14ClN5O2S/c1-10(20-7-6-17-9-20)14-18-19-15(24-8-13(22)23)21(14)12-5-3-2-4-11(12)16/h2-7,9-10H,8H2,1H3,(H,22,23). The van der Waals surface area contributed by atoms with Gasteiger partial charge >= 0.3 is 5.97 Å². The summed E-state index contributed by atoms with van der Waals surface area (Å²) in [5.41, 5.74) is 0.707. The van der Waals surface area contributed by atoms with Crippen LogP contribution in [0, 0.1) is 0 Å². The topological polar surface area (TPSA) is 85.8 Å². The molecule has 1 unspecified atom stereocenters. The van der Waals surface area contributed by atoms with Gasteiger partial charge < -0.3 is 9.67 Å². The highest BCUT2D eigenvalue weighted by Gasteiger charge is 2.22. The molecule has 3 rings (SSSR count). The van der Waals surface area contributed by atoms with Crippen LogP contribution in [0.15, 0.2) is 48.1 Å². The van der Waals surface area contributed by atoms with E-state index in [9.17, 15) is 4.79 Å². The molecule has 0 aliphatic heterocycles. The van der Waals surface area contributed by atoms with Gasteiger partial charge in [0, 0.05) is 12.4 Å². The van der Waals surface area contributed by atoms with Crippen molar-refractivity contribution in [3.05, 3.63) is 53.8 Å². The fourth-order valence-electron chi connectivity index (χ4n) is 2.26. The van der Waals surface area contributed by atoms with Gasteiger partial charge in [0.25, 0.3) is 0 Å². The first kappa shape index (κ1) is 16.5. The maximum absolute atomic E-state index is 10.9. The molecule has 1 aromatic carbocycles. The molecule has 1 N–H and O–H groups in total. The van der Waals surface area contributed by atoms with Crippen molar-refractivity contribution < 1.29 is 9.90 Å². The molecule has 0 aliphatic carbocycles. The molecule has 2 aromatic heterocycles. The number of aromatic nitrogens is 5. The molecule has 0 saturated heterocycles. The van der Waals surface area contributed by atoms with E-state index in [2.05, 4.69) is 15.2 Å². The highest BCUT2D eigenvalue weighted by atomic mass is 35.5. The Hall–Kier alpha value is -2.32. The zero-order valence-electron chi connectivity index (χ0n) is 12.7. The van der Waals surface area contributed by atoms with E-state index in [0.29, 0.717) is 21.7 Å². The second-order valence-electron chi connectivity index (χ2n) is 5.00. The maximum atomic E-state index is 10.9. The third-order valence-electron chi connectivity index (χ3n) is 3.42. The molecule has 24 heavy (non-hydrogen) atoms. The van der Waals surface area contributed by atoms with Gasteiger partial charge in [0.15, 0.2) is 11.0 Å². The SMILES string of the molecule is CC(c1nnc(SCC(=O)O)n1-c1ccccc1Cl)n1ccnc1. The van der Waals surface area contributed by atoms with Crippen molar-refractivity contribution in [2.24, 2.45) is 0 Å². The molecule has 0 spiro atoms. The Kier molecular flexibility index (Phi) is 4.86. The molecule has 124 valence electrons. The summed E-state index contributed by atoms with van der Waals surface area (Å²) >= 11 is 7.43. The minimum absolute atomic E-state index is 0.109. The molecule has 1 atom stereocenters. The van der Waals surface area contributed by atoms with Gasteiger partial charge in [-0.2, -0.15) is 0 Å². The third kappa shape index (κ3) is 3.29.